The van der Waals surface area contributed by atoms with E-state index in [0.29, 0.717) is 11.3 Å². The van der Waals surface area contributed by atoms with Crippen molar-refractivity contribution in [2.75, 3.05) is 13.7 Å². The van der Waals surface area contributed by atoms with Gasteiger partial charge in [-0.2, -0.15) is 0 Å². The minimum atomic E-state index is -1.23. The summed E-state index contributed by atoms with van der Waals surface area (Å²) in [5.74, 6) is -0.0110. The van der Waals surface area contributed by atoms with Crippen molar-refractivity contribution in [3.05, 3.63) is 70.3 Å². The molecule has 0 spiro atoms. The van der Waals surface area contributed by atoms with Crippen LogP contribution in [0.15, 0.2) is 59.5 Å². The van der Waals surface area contributed by atoms with Crippen LogP contribution in [0.25, 0.3) is 0 Å². The second-order valence-electron chi connectivity index (χ2n) is 5.11. The van der Waals surface area contributed by atoms with E-state index in [1.165, 1.54) is 7.11 Å². The number of hydrogen-bond donors (Lipinski definition) is 0. The minimum absolute atomic E-state index is 0.164. The Labute approximate surface area is 150 Å². The molecule has 2 aromatic rings. The van der Waals surface area contributed by atoms with Crippen LogP contribution in [-0.4, -0.2) is 29.9 Å². The van der Waals surface area contributed by atoms with E-state index in [1.54, 1.807) is 31.2 Å². The molecule has 25 heavy (non-hydrogen) atoms. The van der Waals surface area contributed by atoms with Crippen LogP contribution in [-0.2, 0) is 9.53 Å². The molecule has 132 valence electrons. The molecule has 0 aliphatic heterocycles. The van der Waals surface area contributed by atoms with Gasteiger partial charge >= 0.3 is 5.97 Å². The Hall–Kier alpha value is -2.54. The van der Waals surface area contributed by atoms with Gasteiger partial charge in [-0.15, -0.1) is 11.8 Å². The van der Waals surface area contributed by atoms with E-state index >= 15 is 0 Å². The fourth-order valence-corrected chi connectivity index (χ4v) is 3.48. The zero-order valence-electron chi connectivity index (χ0n) is 14.0. The fraction of sp³-hybridized carbons (Fsp3) is 0.278. The normalized spacial score (nSPS) is 12.9. The predicted octanol–water partition coefficient (Wildman–Crippen LogP) is 3.74. The summed E-state index contributed by atoms with van der Waals surface area (Å²) in [7, 11) is 1.52. The van der Waals surface area contributed by atoms with Crippen LogP contribution in [0.5, 0.6) is 5.75 Å². The molecule has 0 bridgehead atoms. The highest BCUT2D eigenvalue weighted by atomic mass is 32.2. The molecule has 0 heterocycles. The molecule has 2 aromatic carbocycles. The third-order valence-electron chi connectivity index (χ3n) is 3.50. The Morgan fingerprint density at radius 1 is 1.16 bits per heavy atom. The van der Waals surface area contributed by atoms with Gasteiger partial charge in [0.15, 0.2) is 5.25 Å². The lowest BCUT2D eigenvalue weighted by molar-refractivity contribution is -0.526. The molecule has 0 fully saturated rings. The summed E-state index contributed by atoms with van der Waals surface area (Å²) < 4.78 is 10.2. The molecule has 0 aromatic heterocycles. The van der Waals surface area contributed by atoms with Crippen LogP contribution in [0.3, 0.4) is 0 Å². The van der Waals surface area contributed by atoms with Gasteiger partial charge in [-0.25, -0.2) is 0 Å². The van der Waals surface area contributed by atoms with E-state index < -0.39 is 22.2 Å². The van der Waals surface area contributed by atoms with Crippen molar-refractivity contribution in [3.8, 4) is 5.75 Å². The van der Waals surface area contributed by atoms with Gasteiger partial charge in [0.1, 0.15) is 5.75 Å². The minimum Gasteiger partial charge on any atom is -0.497 e. The van der Waals surface area contributed by atoms with Gasteiger partial charge in [-0.3, -0.25) is 14.9 Å². The maximum absolute atomic E-state index is 12.4. The predicted molar refractivity (Wildman–Crippen MR) is 95.4 cm³/mol. The number of methoxy groups -OCH3 is 1. The zero-order valence-corrected chi connectivity index (χ0v) is 14.8. The molecule has 6 nitrogen and oxygen atoms in total. The van der Waals surface area contributed by atoms with Gasteiger partial charge in [0, 0.05) is 15.4 Å². The summed E-state index contributed by atoms with van der Waals surface area (Å²) in [4.78, 5) is 24.5. The largest absolute Gasteiger partial charge is 0.497 e. The molecular weight excluding hydrogens is 342 g/mol. The van der Waals surface area contributed by atoms with E-state index in [-0.39, 0.29) is 6.61 Å². The van der Waals surface area contributed by atoms with Crippen LogP contribution in [0, 0.1) is 10.1 Å². The zero-order chi connectivity index (χ0) is 18.2. The van der Waals surface area contributed by atoms with Crippen LogP contribution < -0.4 is 4.74 Å². The third-order valence-corrected chi connectivity index (χ3v) is 4.74. The SMILES string of the molecule is CCOC(=O)C(Sc1ccccc1)C(c1ccc(OC)cc1)[N+](=O)[O-]. The highest BCUT2D eigenvalue weighted by Crippen LogP contribution is 2.35. The molecule has 0 saturated heterocycles. The Balaban J connectivity index is 2.38. The Morgan fingerprint density at radius 2 is 1.80 bits per heavy atom. The van der Waals surface area contributed by atoms with Gasteiger partial charge in [0.2, 0.25) is 0 Å². The number of carbonyl (C=O) groups excluding carboxylic acids is 1. The number of nitro groups is 1. The lowest BCUT2D eigenvalue weighted by atomic mass is 10.0. The fourth-order valence-electron chi connectivity index (χ4n) is 2.32. The molecule has 0 N–H and O–H groups in total. The molecule has 7 heteroatoms. The van der Waals surface area contributed by atoms with Gasteiger partial charge in [-0.1, -0.05) is 18.2 Å². The van der Waals surface area contributed by atoms with Gasteiger partial charge in [0.05, 0.1) is 13.7 Å². The van der Waals surface area contributed by atoms with Gasteiger partial charge in [-0.05, 0) is 43.3 Å². The molecule has 0 aliphatic carbocycles. The van der Waals surface area contributed by atoms with Crippen LogP contribution in [0.4, 0.5) is 0 Å². The number of rotatable bonds is 8. The van der Waals surface area contributed by atoms with Crippen LogP contribution >= 0.6 is 11.8 Å². The van der Waals surface area contributed by atoms with Crippen molar-refractivity contribution < 1.29 is 19.2 Å². The molecule has 0 radical (unpaired) electrons. The summed E-state index contributed by atoms with van der Waals surface area (Å²) >= 11 is 1.13. The number of benzene rings is 2. The summed E-state index contributed by atoms with van der Waals surface area (Å²) in [6.45, 7) is 1.84. The highest BCUT2D eigenvalue weighted by molar-refractivity contribution is 8.00. The lowest BCUT2D eigenvalue weighted by Crippen LogP contribution is -2.32. The molecule has 0 aliphatic rings. The summed E-state index contributed by atoms with van der Waals surface area (Å²) in [5, 5.41) is 10.8. The van der Waals surface area contributed by atoms with Crippen molar-refractivity contribution >= 4 is 17.7 Å². The lowest BCUT2D eigenvalue weighted by Gasteiger charge is -2.19. The van der Waals surface area contributed by atoms with E-state index in [2.05, 4.69) is 0 Å². The molecule has 0 saturated carbocycles. The average Bonchev–Trinajstić information content (AvgIpc) is 2.62. The quantitative estimate of drug-likeness (QED) is 0.308. The third kappa shape index (κ3) is 4.96. The molecule has 2 unspecified atom stereocenters. The van der Waals surface area contributed by atoms with E-state index in [1.807, 2.05) is 30.3 Å². The Kier molecular flexibility index (Phi) is 6.82. The monoisotopic (exact) mass is 361 g/mol. The Morgan fingerprint density at radius 3 is 2.32 bits per heavy atom. The van der Waals surface area contributed by atoms with E-state index in [4.69, 9.17) is 9.47 Å². The first kappa shape index (κ1) is 18.8. The van der Waals surface area contributed by atoms with Crippen molar-refractivity contribution in [1.29, 1.82) is 0 Å². The summed E-state index contributed by atoms with van der Waals surface area (Å²) in [6, 6.07) is 14.4. The number of nitrogens with zero attached hydrogens (tertiary/aromatic N) is 1. The molecular formula is C18H19NO5S. The maximum Gasteiger partial charge on any atom is 0.326 e. The van der Waals surface area contributed by atoms with Crippen LogP contribution in [0.2, 0.25) is 0 Å². The molecule has 2 atom stereocenters. The highest BCUT2D eigenvalue weighted by Gasteiger charge is 2.40. The van der Waals surface area contributed by atoms with Crippen molar-refractivity contribution in [2.24, 2.45) is 0 Å². The number of hydrogen-bond acceptors (Lipinski definition) is 6. The van der Waals surface area contributed by atoms with Crippen molar-refractivity contribution in [2.45, 2.75) is 23.1 Å². The smallest absolute Gasteiger partial charge is 0.326 e. The summed E-state index contributed by atoms with van der Waals surface area (Å²) in [6.07, 6.45) is 0. The summed E-state index contributed by atoms with van der Waals surface area (Å²) in [5.41, 5.74) is 0.423. The van der Waals surface area contributed by atoms with Gasteiger partial charge < -0.3 is 9.47 Å². The Bertz CT molecular complexity index is 705. The first-order chi connectivity index (χ1) is 12.1. The number of carbonyl (C=O) groups is 1. The van der Waals surface area contributed by atoms with Crippen molar-refractivity contribution in [1.82, 2.24) is 0 Å². The van der Waals surface area contributed by atoms with E-state index in [9.17, 15) is 14.9 Å². The van der Waals surface area contributed by atoms with E-state index in [0.717, 1.165) is 16.7 Å². The van der Waals surface area contributed by atoms with Crippen LogP contribution in [0.1, 0.15) is 18.5 Å². The number of esters is 1. The molecule has 2 rings (SSSR count). The molecule has 0 amide bonds. The number of thioether (sulfide) groups is 1. The second-order valence-corrected chi connectivity index (χ2v) is 6.32. The average molecular weight is 361 g/mol. The first-order valence-electron chi connectivity index (χ1n) is 7.72. The second kappa shape index (κ2) is 9.08. The van der Waals surface area contributed by atoms with Gasteiger partial charge in [0.25, 0.3) is 6.04 Å². The maximum atomic E-state index is 12.4. The first-order valence-corrected chi connectivity index (χ1v) is 8.60. The standard InChI is InChI=1S/C18H19NO5S/c1-3-24-18(20)17(25-15-7-5-4-6-8-15)16(19(21)22)13-9-11-14(23-2)12-10-13/h4-12,16-17H,3H2,1-2H3. The number of ether oxygens (including phenoxy) is 2. The topological polar surface area (TPSA) is 78.7 Å². The van der Waals surface area contributed by atoms with Crippen molar-refractivity contribution in [3.63, 3.8) is 0 Å².